The first-order valence-electron chi connectivity index (χ1n) is 6.91. The third kappa shape index (κ3) is 2.96. The molecule has 1 atom stereocenters. The topological polar surface area (TPSA) is 67.8 Å². The van der Waals surface area contributed by atoms with Gasteiger partial charge in [0.25, 0.3) is 12.3 Å². The molecule has 0 saturated carbocycles. The molecule has 0 fully saturated rings. The Hall–Kier alpha value is -1.96. The van der Waals surface area contributed by atoms with Crippen LogP contribution in [0.2, 0.25) is 0 Å². The zero-order chi connectivity index (χ0) is 15.7. The maximum absolute atomic E-state index is 12.6. The second kappa shape index (κ2) is 6.04. The van der Waals surface area contributed by atoms with Gasteiger partial charge in [-0.15, -0.1) is 11.3 Å². The maximum Gasteiger partial charge on any atom is 0.280 e. The van der Waals surface area contributed by atoms with E-state index in [1.54, 1.807) is 11.3 Å². The lowest BCUT2D eigenvalue weighted by atomic mass is 9.98. The fourth-order valence-electron chi connectivity index (χ4n) is 2.53. The number of alkyl halides is 2. The van der Waals surface area contributed by atoms with Crippen LogP contribution in [0.5, 0.6) is 0 Å². The predicted octanol–water partition coefficient (Wildman–Crippen LogP) is 2.99. The lowest BCUT2D eigenvalue weighted by molar-refractivity contribution is 0.0927. The quantitative estimate of drug-likeness (QED) is 0.942. The van der Waals surface area contributed by atoms with Crippen LogP contribution >= 0.6 is 11.3 Å². The van der Waals surface area contributed by atoms with Crippen molar-refractivity contribution in [3.63, 3.8) is 0 Å². The van der Waals surface area contributed by atoms with E-state index in [1.807, 2.05) is 6.92 Å². The standard InChI is InChI=1S/C14H14F2N4OS/c1-7-19-8-3-2-4-9(12(8)22-7)20-14(21)11-5-10(13(15)16)17-6-18-11/h5-6,9,13H,2-4H2,1H3,(H,20,21). The number of thiazole rings is 1. The average Bonchev–Trinajstić information content (AvgIpc) is 2.88. The van der Waals surface area contributed by atoms with Crippen molar-refractivity contribution in [2.24, 2.45) is 0 Å². The molecule has 22 heavy (non-hydrogen) atoms. The van der Waals surface area contributed by atoms with Gasteiger partial charge < -0.3 is 5.32 Å². The van der Waals surface area contributed by atoms with E-state index in [9.17, 15) is 13.6 Å². The van der Waals surface area contributed by atoms with E-state index in [2.05, 4.69) is 20.3 Å². The van der Waals surface area contributed by atoms with Gasteiger partial charge in [0.1, 0.15) is 17.7 Å². The molecule has 116 valence electrons. The van der Waals surface area contributed by atoms with E-state index in [0.29, 0.717) is 0 Å². The number of carbonyl (C=O) groups is 1. The second-order valence-corrected chi connectivity index (χ2v) is 6.33. The number of halogens is 2. The minimum absolute atomic E-state index is 0.0429. The van der Waals surface area contributed by atoms with Crippen LogP contribution in [0.3, 0.4) is 0 Å². The van der Waals surface area contributed by atoms with E-state index in [1.165, 1.54) is 0 Å². The second-order valence-electron chi connectivity index (χ2n) is 5.09. The molecule has 8 heteroatoms. The van der Waals surface area contributed by atoms with Crippen molar-refractivity contribution in [3.8, 4) is 0 Å². The summed E-state index contributed by atoms with van der Waals surface area (Å²) in [6.07, 6.45) is 0.926. The first kappa shape index (κ1) is 15.0. The predicted molar refractivity (Wildman–Crippen MR) is 77.0 cm³/mol. The van der Waals surface area contributed by atoms with Crippen LogP contribution in [0.1, 0.15) is 57.1 Å². The molecular formula is C14H14F2N4OS. The first-order chi connectivity index (χ1) is 10.5. The summed E-state index contributed by atoms with van der Waals surface area (Å²) in [7, 11) is 0. The zero-order valence-corrected chi connectivity index (χ0v) is 12.7. The Morgan fingerprint density at radius 2 is 2.27 bits per heavy atom. The number of rotatable bonds is 3. The normalized spacial score (nSPS) is 17.4. The van der Waals surface area contributed by atoms with Gasteiger partial charge in [-0.1, -0.05) is 0 Å². The Kier molecular flexibility index (Phi) is 4.10. The molecule has 1 aliphatic carbocycles. The van der Waals surface area contributed by atoms with Crippen molar-refractivity contribution in [3.05, 3.63) is 39.4 Å². The van der Waals surface area contributed by atoms with Crippen molar-refractivity contribution >= 4 is 17.2 Å². The number of carbonyl (C=O) groups excluding carboxylic acids is 1. The van der Waals surface area contributed by atoms with Crippen LogP contribution in [-0.4, -0.2) is 20.9 Å². The van der Waals surface area contributed by atoms with Gasteiger partial charge in [-0.05, 0) is 32.3 Å². The molecule has 0 spiro atoms. The van der Waals surface area contributed by atoms with Crippen molar-refractivity contribution in [1.29, 1.82) is 0 Å². The van der Waals surface area contributed by atoms with Gasteiger partial charge in [-0.3, -0.25) is 4.79 Å². The third-order valence-electron chi connectivity index (χ3n) is 3.51. The van der Waals surface area contributed by atoms with Gasteiger partial charge in [0.2, 0.25) is 0 Å². The van der Waals surface area contributed by atoms with Crippen LogP contribution in [-0.2, 0) is 6.42 Å². The molecule has 1 amide bonds. The molecule has 1 aliphatic rings. The molecule has 0 bridgehead atoms. The van der Waals surface area contributed by atoms with Gasteiger partial charge in [-0.2, -0.15) is 0 Å². The highest BCUT2D eigenvalue weighted by atomic mass is 32.1. The van der Waals surface area contributed by atoms with Crippen LogP contribution in [0.25, 0.3) is 0 Å². The summed E-state index contributed by atoms with van der Waals surface area (Å²) in [5, 5.41) is 3.83. The van der Waals surface area contributed by atoms with E-state index in [4.69, 9.17) is 0 Å². The lowest BCUT2D eigenvalue weighted by Gasteiger charge is -2.22. The van der Waals surface area contributed by atoms with Crippen molar-refractivity contribution in [2.75, 3.05) is 0 Å². The van der Waals surface area contributed by atoms with E-state index in [0.717, 1.165) is 47.2 Å². The van der Waals surface area contributed by atoms with E-state index in [-0.39, 0.29) is 11.7 Å². The molecule has 3 rings (SSSR count). The van der Waals surface area contributed by atoms with Crippen LogP contribution in [0, 0.1) is 6.92 Å². The first-order valence-corrected chi connectivity index (χ1v) is 7.73. The Bertz CT molecular complexity index is 704. The third-order valence-corrected chi connectivity index (χ3v) is 4.63. The zero-order valence-electron chi connectivity index (χ0n) is 11.8. The summed E-state index contributed by atoms with van der Waals surface area (Å²) in [5.41, 5.74) is 0.534. The molecule has 0 radical (unpaired) electrons. The highest BCUT2D eigenvalue weighted by molar-refractivity contribution is 7.11. The summed E-state index contributed by atoms with van der Waals surface area (Å²) in [6, 6.07) is 0.897. The fraction of sp³-hybridized carbons (Fsp3) is 0.429. The van der Waals surface area contributed by atoms with Gasteiger partial charge in [0.05, 0.1) is 21.6 Å². The van der Waals surface area contributed by atoms with Gasteiger partial charge in [0.15, 0.2) is 0 Å². The molecule has 2 aromatic rings. The molecule has 5 nitrogen and oxygen atoms in total. The number of amides is 1. The Morgan fingerprint density at radius 3 is 3.05 bits per heavy atom. The van der Waals surface area contributed by atoms with Crippen molar-refractivity contribution < 1.29 is 13.6 Å². The molecule has 1 N–H and O–H groups in total. The van der Waals surface area contributed by atoms with Crippen molar-refractivity contribution in [2.45, 2.75) is 38.7 Å². The van der Waals surface area contributed by atoms with Crippen molar-refractivity contribution in [1.82, 2.24) is 20.3 Å². The van der Waals surface area contributed by atoms with E-state index >= 15 is 0 Å². The number of fused-ring (bicyclic) bond motifs is 1. The molecule has 0 saturated heterocycles. The summed E-state index contributed by atoms with van der Waals surface area (Å²) < 4.78 is 25.3. The number of hydrogen-bond donors (Lipinski definition) is 1. The SMILES string of the molecule is Cc1nc2c(s1)C(NC(=O)c1cc(C(F)F)ncn1)CCC2. The molecular weight excluding hydrogens is 310 g/mol. The minimum atomic E-state index is -2.72. The minimum Gasteiger partial charge on any atom is -0.343 e. The highest BCUT2D eigenvalue weighted by Crippen LogP contribution is 2.34. The Balaban J connectivity index is 1.79. The lowest BCUT2D eigenvalue weighted by Crippen LogP contribution is -2.31. The summed E-state index contributed by atoms with van der Waals surface area (Å²) in [4.78, 5) is 25.0. The average molecular weight is 324 g/mol. The summed E-state index contributed by atoms with van der Waals surface area (Å²) in [6.45, 7) is 1.93. The molecule has 0 aliphatic heterocycles. The van der Waals surface area contributed by atoms with E-state index < -0.39 is 18.0 Å². The molecule has 2 aromatic heterocycles. The molecule has 0 aromatic carbocycles. The smallest absolute Gasteiger partial charge is 0.280 e. The Morgan fingerprint density at radius 1 is 1.45 bits per heavy atom. The fourth-order valence-corrected chi connectivity index (χ4v) is 3.59. The summed E-state index contributed by atoms with van der Waals surface area (Å²) >= 11 is 1.56. The van der Waals surface area contributed by atoms with Gasteiger partial charge in [-0.25, -0.2) is 23.7 Å². The monoisotopic (exact) mass is 324 g/mol. The molecule has 1 unspecified atom stereocenters. The highest BCUT2D eigenvalue weighted by Gasteiger charge is 2.26. The molecule has 2 heterocycles. The summed E-state index contributed by atoms with van der Waals surface area (Å²) in [5.74, 6) is -0.465. The largest absolute Gasteiger partial charge is 0.343 e. The number of aryl methyl sites for hydroxylation is 2. The van der Waals surface area contributed by atoms with Crippen LogP contribution in [0.4, 0.5) is 8.78 Å². The number of nitrogens with zero attached hydrogens (tertiary/aromatic N) is 3. The van der Waals surface area contributed by atoms with Crippen LogP contribution < -0.4 is 5.32 Å². The Labute approximate surface area is 129 Å². The van der Waals surface area contributed by atoms with Gasteiger partial charge in [0, 0.05) is 0 Å². The number of nitrogens with one attached hydrogen (secondary N) is 1. The number of hydrogen-bond acceptors (Lipinski definition) is 5. The van der Waals surface area contributed by atoms with Crippen LogP contribution in [0.15, 0.2) is 12.4 Å². The maximum atomic E-state index is 12.6. The van der Waals surface area contributed by atoms with Gasteiger partial charge >= 0.3 is 0 Å². The number of aromatic nitrogens is 3.